The molecule has 7 nitrogen and oxygen atoms in total. The number of anilines is 1. The molecule has 1 aliphatic rings. The zero-order valence-electron chi connectivity index (χ0n) is 12.7. The number of amides is 3. The number of rotatable bonds is 6. The van der Waals surface area contributed by atoms with Gasteiger partial charge in [-0.1, -0.05) is 35.0 Å². The molecule has 0 atom stereocenters. The molecule has 0 bridgehead atoms. The summed E-state index contributed by atoms with van der Waals surface area (Å²) in [6.07, 6.45) is 1.22. The fourth-order valence-electron chi connectivity index (χ4n) is 1.88. The molecule has 1 aromatic rings. The van der Waals surface area contributed by atoms with Gasteiger partial charge in [-0.3, -0.25) is 19.3 Å². The molecule has 0 unspecified atom stereocenters. The van der Waals surface area contributed by atoms with Crippen LogP contribution in [0, 0.1) is 11.3 Å². The van der Waals surface area contributed by atoms with Crippen LogP contribution in [0.4, 0.5) is 10.5 Å². The van der Waals surface area contributed by atoms with Crippen molar-refractivity contribution in [1.29, 1.82) is 5.26 Å². The first-order chi connectivity index (χ1) is 11.9. The van der Waals surface area contributed by atoms with E-state index in [1.807, 2.05) is 0 Å². The van der Waals surface area contributed by atoms with Crippen molar-refractivity contribution < 1.29 is 14.4 Å². The highest BCUT2D eigenvalue weighted by atomic mass is 35.5. The molecule has 2 rings (SSSR count). The summed E-state index contributed by atoms with van der Waals surface area (Å²) in [5, 5.41) is 14.7. The van der Waals surface area contributed by atoms with E-state index in [1.54, 1.807) is 12.1 Å². The van der Waals surface area contributed by atoms with Crippen molar-refractivity contribution in [1.82, 2.24) is 10.2 Å². The molecule has 0 aromatic heterocycles. The number of imide groups is 1. The standard InChI is InChI=1S/C15H12Cl2N4O3S/c16-10-1-2-12(11(17)5-10)20-14(23)9(6-18)7-19-3-4-21-13(22)8-25-15(21)24/h1-2,5,7,19H,3-4,8H2,(H,20,23)/b9-7-. The van der Waals surface area contributed by atoms with Crippen LogP contribution in [-0.2, 0) is 9.59 Å². The Hall–Kier alpha value is -2.21. The van der Waals surface area contributed by atoms with Crippen molar-refractivity contribution >= 4 is 57.7 Å². The van der Waals surface area contributed by atoms with Gasteiger partial charge in [0.05, 0.1) is 16.5 Å². The molecule has 1 fully saturated rings. The van der Waals surface area contributed by atoms with Crippen molar-refractivity contribution in [2.45, 2.75) is 0 Å². The molecule has 0 spiro atoms. The lowest BCUT2D eigenvalue weighted by molar-refractivity contribution is -0.124. The highest BCUT2D eigenvalue weighted by molar-refractivity contribution is 8.14. The highest BCUT2D eigenvalue weighted by Gasteiger charge is 2.28. The van der Waals surface area contributed by atoms with Crippen LogP contribution in [0.25, 0.3) is 0 Å². The average Bonchev–Trinajstić information content (AvgIpc) is 2.89. The van der Waals surface area contributed by atoms with Gasteiger partial charge in [0.25, 0.3) is 11.1 Å². The van der Waals surface area contributed by atoms with Gasteiger partial charge in [-0.05, 0) is 18.2 Å². The fraction of sp³-hybridized carbons (Fsp3) is 0.200. The van der Waals surface area contributed by atoms with Crippen molar-refractivity contribution in [2.24, 2.45) is 0 Å². The van der Waals surface area contributed by atoms with Crippen LogP contribution in [0.2, 0.25) is 10.0 Å². The minimum atomic E-state index is -0.650. The lowest BCUT2D eigenvalue weighted by atomic mass is 10.2. The predicted octanol–water partition coefficient (Wildman–Crippen LogP) is 2.62. The fourth-order valence-corrected chi connectivity index (χ4v) is 3.08. The molecule has 130 valence electrons. The van der Waals surface area contributed by atoms with E-state index in [9.17, 15) is 14.4 Å². The molecule has 3 amide bonds. The number of halogens is 2. The van der Waals surface area contributed by atoms with Crippen LogP contribution < -0.4 is 10.6 Å². The Morgan fingerprint density at radius 3 is 2.76 bits per heavy atom. The molecule has 25 heavy (non-hydrogen) atoms. The van der Waals surface area contributed by atoms with Crippen LogP contribution in [0.3, 0.4) is 0 Å². The van der Waals surface area contributed by atoms with Gasteiger partial charge in [-0.25, -0.2) is 0 Å². The second-order valence-corrected chi connectivity index (χ2v) is 6.57. The molecule has 1 saturated heterocycles. The highest BCUT2D eigenvalue weighted by Crippen LogP contribution is 2.25. The zero-order valence-corrected chi connectivity index (χ0v) is 15.0. The summed E-state index contributed by atoms with van der Waals surface area (Å²) in [5.41, 5.74) is 0.141. The zero-order chi connectivity index (χ0) is 18.4. The van der Waals surface area contributed by atoms with Crippen molar-refractivity contribution in [3.63, 3.8) is 0 Å². The van der Waals surface area contributed by atoms with E-state index in [4.69, 9.17) is 28.5 Å². The van der Waals surface area contributed by atoms with E-state index < -0.39 is 5.91 Å². The summed E-state index contributed by atoms with van der Waals surface area (Å²) >= 11 is 12.7. The maximum Gasteiger partial charge on any atom is 0.288 e. The van der Waals surface area contributed by atoms with Gasteiger partial charge in [-0.15, -0.1) is 0 Å². The number of carbonyl (C=O) groups is 3. The number of thioether (sulfide) groups is 1. The van der Waals surface area contributed by atoms with E-state index in [-0.39, 0.29) is 40.6 Å². The molecule has 10 heteroatoms. The summed E-state index contributed by atoms with van der Waals surface area (Å²) in [4.78, 5) is 36.1. The SMILES string of the molecule is N#C/C(=C/NCCN1C(=O)CSC1=O)C(=O)Nc1ccc(Cl)cc1Cl. The second kappa shape index (κ2) is 8.76. The van der Waals surface area contributed by atoms with E-state index in [1.165, 1.54) is 18.3 Å². The quantitative estimate of drug-likeness (QED) is 0.433. The van der Waals surface area contributed by atoms with E-state index in [2.05, 4.69) is 10.6 Å². The lowest BCUT2D eigenvalue weighted by Crippen LogP contribution is -2.34. The summed E-state index contributed by atoms with van der Waals surface area (Å²) < 4.78 is 0. The van der Waals surface area contributed by atoms with Crippen molar-refractivity contribution in [3.8, 4) is 6.07 Å². The number of nitrogens with one attached hydrogen (secondary N) is 2. The Balaban J connectivity index is 1.90. The number of benzene rings is 1. The molecular weight excluding hydrogens is 387 g/mol. The van der Waals surface area contributed by atoms with Gasteiger partial charge >= 0.3 is 0 Å². The van der Waals surface area contributed by atoms with Crippen LogP contribution >= 0.6 is 35.0 Å². The normalized spacial score (nSPS) is 14.4. The molecule has 0 aliphatic carbocycles. The summed E-state index contributed by atoms with van der Waals surface area (Å²) in [7, 11) is 0. The maximum absolute atomic E-state index is 12.1. The molecule has 0 saturated carbocycles. The monoisotopic (exact) mass is 398 g/mol. The summed E-state index contributed by atoms with van der Waals surface area (Å²) in [5.74, 6) is -0.762. The predicted molar refractivity (Wildman–Crippen MR) is 96.4 cm³/mol. The largest absolute Gasteiger partial charge is 0.388 e. The average molecular weight is 399 g/mol. The van der Waals surface area contributed by atoms with Crippen molar-refractivity contribution in [2.75, 3.05) is 24.2 Å². The molecule has 0 radical (unpaired) electrons. The number of nitrogens with zero attached hydrogens (tertiary/aromatic N) is 2. The minimum Gasteiger partial charge on any atom is -0.388 e. The third-order valence-electron chi connectivity index (χ3n) is 3.11. The van der Waals surface area contributed by atoms with E-state index in [0.717, 1.165) is 16.7 Å². The van der Waals surface area contributed by atoms with E-state index >= 15 is 0 Å². The Labute approximate surface area is 157 Å². The summed E-state index contributed by atoms with van der Waals surface area (Å²) in [6, 6.07) is 6.31. The van der Waals surface area contributed by atoms with Crippen LogP contribution in [-0.4, -0.2) is 40.8 Å². The minimum absolute atomic E-state index is 0.141. The van der Waals surface area contributed by atoms with Crippen LogP contribution in [0.15, 0.2) is 30.0 Å². The first-order valence-corrected chi connectivity index (χ1v) is 8.73. The van der Waals surface area contributed by atoms with Gasteiger partial charge in [0.1, 0.15) is 11.6 Å². The van der Waals surface area contributed by atoms with Gasteiger partial charge in [-0.2, -0.15) is 5.26 Å². The first-order valence-electron chi connectivity index (χ1n) is 6.99. The molecule has 1 aromatic carbocycles. The molecule has 1 heterocycles. The second-order valence-electron chi connectivity index (χ2n) is 4.80. The Kier molecular flexibility index (Phi) is 6.70. The lowest BCUT2D eigenvalue weighted by Gasteiger charge is -2.12. The third-order valence-corrected chi connectivity index (χ3v) is 4.52. The topological polar surface area (TPSA) is 102 Å². The van der Waals surface area contributed by atoms with Crippen LogP contribution in [0.1, 0.15) is 0 Å². The number of hydrogen-bond donors (Lipinski definition) is 2. The van der Waals surface area contributed by atoms with Gasteiger partial charge in [0.2, 0.25) is 5.91 Å². The van der Waals surface area contributed by atoms with Gasteiger partial charge < -0.3 is 10.6 Å². The molecule has 1 aliphatic heterocycles. The Morgan fingerprint density at radius 2 is 2.16 bits per heavy atom. The third kappa shape index (κ3) is 5.13. The van der Waals surface area contributed by atoms with Gasteiger partial charge in [0.15, 0.2) is 0 Å². The number of nitriles is 1. The van der Waals surface area contributed by atoms with E-state index in [0.29, 0.717) is 10.7 Å². The first kappa shape index (κ1) is 19.1. The smallest absolute Gasteiger partial charge is 0.288 e. The Bertz CT molecular complexity index is 775. The molecular formula is C15H12Cl2N4O3S. The number of carbonyl (C=O) groups excluding carboxylic acids is 3. The van der Waals surface area contributed by atoms with Crippen molar-refractivity contribution in [3.05, 3.63) is 40.0 Å². The number of hydrogen-bond acceptors (Lipinski definition) is 6. The maximum atomic E-state index is 12.1. The summed E-state index contributed by atoms with van der Waals surface area (Å²) in [6.45, 7) is 0.378. The Morgan fingerprint density at radius 1 is 1.40 bits per heavy atom. The van der Waals surface area contributed by atoms with Crippen LogP contribution in [0.5, 0.6) is 0 Å². The molecule has 2 N–H and O–H groups in total. The van der Waals surface area contributed by atoms with Gasteiger partial charge in [0, 0.05) is 24.3 Å².